The lowest BCUT2D eigenvalue weighted by Crippen LogP contribution is -2.38. The van der Waals surface area contributed by atoms with Crippen LogP contribution in [0, 0.1) is 0 Å². The maximum atomic E-state index is 11.6. The molecular formula is C11H20N4O. The number of carbonyl (C=O) groups excluding carboxylic acids is 1. The van der Waals surface area contributed by atoms with E-state index in [-0.39, 0.29) is 5.91 Å². The van der Waals surface area contributed by atoms with Gasteiger partial charge in [0.1, 0.15) is 0 Å². The molecule has 90 valence electrons. The van der Waals surface area contributed by atoms with Crippen molar-refractivity contribution in [2.45, 2.75) is 26.4 Å². The summed E-state index contributed by atoms with van der Waals surface area (Å²) in [7, 11) is 3.79. The Morgan fingerprint density at radius 1 is 1.62 bits per heavy atom. The van der Waals surface area contributed by atoms with E-state index in [1.54, 1.807) is 4.68 Å². The standard InChI is InChI=1S/C11H20N4O/c1-9(2)14(3)8-11(16)12-7-10-5-6-15(4)13-10/h5-6,9H,7-8H2,1-4H3,(H,12,16). The lowest BCUT2D eigenvalue weighted by atomic mass is 10.3. The molecule has 0 spiro atoms. The molecule has 0 aliphatic rings. The predicted octanol–water partition coefficient (Wildman–Crippen LogP) is 0.376. The molecule has 0 aliphatic heterocycles. The van der Waals surface area contributed by atoms with Gasteiger partial charge in [-0.25, -0.2) is 0 Å². The molecule has 0 fully saturated rings. The highest BCUT2D eigenvalue weighted by Crippen LogP contribution is 1.95. The molecule has 0 bridgehead atoms. The van der Waals surface area contributed by atoms with Gasteiger partial charge in [-0.1, -0.05) is 0 Å². The first-order chi connectivity index (χ1) is 7.49. The molecule has 1 aromatic heterocycles. The number of nitrogens with zero attached hydrogens (tertiary/aromatic N) is 3. The summed E-state index contributed by atoms with van der Waals surface area (Å²) in [6.07, 6.45) is 1.86. The topological polar surface area (TPSA) is 50.2 Å². The van der Waals surface area contributed by atoms with Crippen molar-refractivity contribution in [3.05, 3.63) is 18.0 Å². The molecule has 16 heavy (non-hydrogen) atoms. The van der Waals surface area contributed by atoms with Gasteiger partial charge in [0.15, 0.2) is 0 Å². The first-order valence-electron chi connectivity index (χ1n) is 5.44. The van der Waals surface area contributed by atoms with Gasteiger partial charge in [0.05, 0.1) is 18.8 Å². The van der Waals surface area contributed by atoms with Crippen molar-refractivity contribution in [3.63, 3.8) is 0 Å². The summed E-state index contributed by atoms with van der Waals surface area (Å²) in [6, 6.07) is 2.27. The van der Waals surface area contributed by atoms with Gasteiger partial charge in [0.2, 0.25) is 5.91 Å². The highest BCUT2D eigenvalue weighted by atomic mass is 16.2. The monoisotopic (exact) mass is 224 g/mol. The lowest BCUT2D eigenvalue weighted by molar-refractivity contribution is -0.122. The third-order valence-corrected chi connectivity index (χ3v) is 2.51. The van der Waals surface area contributed by atoms with Crippen LogP contribution in [0.2, 0.25) is 0 Å². The number of hydrogen-bond donors (Lipinski definition) is 1. The fourth-order valence-corrected chi connectivity index (χ4v) is 1.21. The minimum Gasteiger partial charge on any atom is -0.349 e. The zero-order chi connectivity index (χ0) is 12.1. The Kier molecular flexibility index (Phi) is 4.49. The number of likely N-dealkylation sites (N-methyl/N-ethyl adjacent to an activating group) is 1. The SMILES string of the molecule is CC(C)N(C)CC(=O)NCc1ccn(C)n1. The van der Waals surface area contributed by atoms with E-state index in [2.05, 4.69) is 24.3 Å². The van der Waals surface area contributed by atoms with Gasteiger partial charge in [-0.05, 0) is 27.0 Å². The van der Waals surface area contributed by atoms with E-state index < -0.39 is 0 Å². The van der Waals surface area contributed by atoms with Crippen LogP contribution in [0.4, 0.5) is 0 Å². The Hall–Kier alpha value is -1.36. The van der Waals surface area contributed by atoms with Crippen molar-refractivity contribution in [1.29, 1.82) is 0 Å². The van der Waals surface area contributed by atoms with Gasteiger partial charge < -0.3 is 5.32 Å². The predicted molar refractivity (Wildman–Crippen MR) is 62.8 cm³/mol. The first-order valence-corrected chi connectivity index (χ1v) is 5.44. The van der Waals surface area contributed by atoms with Crippen LogP contribution in [0.3, 0.4) is 0 Å². The van der Waals surface area contributed by atoms with Crippen molar-refractivity contribution >= 4 is 5.91 Å². The summed E-state index contributed by atoms with van der Waals surface area (Å²) in [5.74, 6) is 0.0295. The van der Waals surface area contributed by atoms with E-state index in [4.69, 9.17) is 0 Å². The molecule has 1 heterocycles. The maximum absolute atomic E-state index is 11.6. The molecule has 1 N–H and O–H groups in total. The number of amides is 1. The summed E-state index contributed by atoms with van der Waals surface area (Å²) >= 11 is 0. The Labute approximate surface area is 96.4 Å². The number of rotatable bonds is 5. The largest absolute Gasteiger partial charge is 0.349 e. The fraction of sp³-hybridized carbons (Fsp3) is 0.636. The van der Waals surface area contributed by atoms with E-state index in [0.29, 0.717) is 19.1 Å². The average Bonchev–Trinajstić information content (AvgIpc) is 2.61. The van der Waals surface area contributed by atoms with Crippen molar-refractivity contribution in [1.82, 2.24) is 20.0 Å². The lowest BCUT2D eigenvalue weighted by Gasteiger charge is -2.19. The Bertz CT molecular complexity index is 346. The maximum Gasteiger partial charge on any atom is 0.234 e. The molecule has 1 rings (SSSR count). The Morgan fingerprint density at radius 2 is 2.31 bits per heavy atom. The van der Waals surface area contributed by atoms with E-state index >= 15 is 0 Å². The zero-order valence-corrected chi connectivity index (χ0v) is 10.4. The van der Waals surface area contributed by atoms with Crippen LogP contribution in [0.1, 0.15) is 19.5 Å². The van der Waals surface area contributed by atoms with Crippen LogP contribution < -0.4 is 5.32 Å². The minimum absolute atomic E-state index is 0.0295. The van der Waals surface area contributed by atoms with Gasteiger partial charge >= 0.3 is 0 Å². The second-order valence-corrected chi connectivity index (χ2v) is 4.27. The van der Waals surface area contributed by atoms with Crippen LogP contribution in [0.5, 0.6) is 0 Å². The van der Waals surface area contributed by atoms with Crippen LogP contribution in [-0.4, -0.2) is 40.2 Å². The number of carbonyl (C=O) groups is 1. The van der Waals surface area contributed by atoms with Crippen molar-refractivity contribution < 1.29 is 4.79 Å². The van der Waals surface area contributed by atoms with Crippen LogP contribution >= 0.6 is 0 Å². The van der Waals surface area contributed by atoms with Crippen LogP contribution in [0.25, 0.3) is 0 Å². The summed E-state index contributed by atoms with van der Waals surface area (Å²) < 4.78 is 1.72. The van der Waals surface area contributed by atoms with Gasteiger partial charge in [0.25, 0.3) is 0 Å². The highest BCUT2D eigenvalue weighted by Gasteiger charge is 2.09. The highest BCUT2D eigenvalue weighted by molar-refractivity contribution is 5.77. The molecule has 0 unspecified atom stereocenters. The molecular weight excluding hydrogens is 204 g/mol. The van der Waals surface area contributed by atoms with Gasteiger partial charge in [-0.3, -0.25) is 14.4 Å². The molecule has 0 aliphatic carbocycles. The summed E-state index contributed by atoms with van der Waals surface area (Å²) in [5.41, 5.74) is 0.878. The van der Waals surface area contributed by atoms with Gasteiger partial charge in [-0.15, -0.1) is 0 Å². The zero-order valence-electron chi connectivity index (χ0n) is 10.4. The van der Waals surface area contributed by atoms with E-state index in [1.807, 2.05) is 31.3 Å². The molecule has 0 atom stereocenters. The molecule has 0 saturated carbocycles. The molecule has 0 radical (unpaired) electrons. The second kappa shape index (κ2) is 5.65. The van der Waals surface area contributed by atoms with E-state index in [9.17, 15) is 4.79 Å². The molecule has 5 nitrogen and oxygen atoms in total. The average molecular weight is 224 g/mol. The van der Waals surface area contributed by atoms with Crippen molar-refractivity contribution in [2.75, 3.05) is 13.6 Å². The number of aryl methyl sites for hydroxylation is 1. The summed E-state index contributed by atoms with van der Waals surface area (Å²) in [6.45, 7) is 5.04. The number of aromatic nitrogens is 2. The van der Waals surface area contributed by atoms with E-state index in [0.717, 1.165) is 5.69 Å². The second-order valence-electron chi connectivity index (χ2n) is 4.27. The van der Waals surface area contributed by atoms with Crippen molar-refractivity contribution in [2.24, 2.45) is 7.05 Å². The van der Waals surface area contributed by atoms with Gasteiger partial charge in [-0.2, -0.15) is 5.10 Å². The normalized spacial score (nSPS) is 11.1. The summed E-state index contributed by atoms with van der Waals surface area (Å²) in [4.78, 5) is 13.5. The number of hydrogen-bond acceptors (Lipinski definition) is 3. The van der Waals surface area contributed by atoms with E-state index in [1.165, 1.54) is 0 Å². The third-order valence-electron chi connectivity index (χ3n) is 2.51. The minimum atomic E-state index is 0.0295. The smallest absolute Gasteiger partial charge is 0.234 e. The molecule has 1 aromatic rings. The van der Waals surface area contributed by atoms with Crippen molar-refractivity contribution in [3.8, 4) is 0 Å². The van der Waals surface area contributed by atoms with Crippen LogP contribution in [0.15, 0.2) is 12.3 Å². The first kappa shape index (κ1) is 12.7. The van der Waals surface area contributed by atoms with Crippen LogP contribution in [-0.2, 0) is 18.4 Å². The third kappa shape index (κ3) is 4.02. The Morgan fingerprint density at radius 3 is 2.81 bits per heavy atom. The molecule has 5 heteroatoms. The number of nitrogens with one attached hydrogen (secondary N) is 1. The molecule has 0 aromatic carbocycles. The summed E-state index contributed by atoms with van der Waals surface area (Å²) in [5, 5.41) is 7.03. The Balaban J connectivity index is 2.30. The molecule has 0 saturated heterocycles. The van der Waals surface area contributed by atoms with Gasteiger partial charge in [0, 0.05) is 19.3 Å². The molecule has 1 amide bonds. The fourth-order valence-electron chi connectivity index (χ4n) is 1.21. The quantitative estimate of drug-likeness (QED) is 0.786.